The predicted octanol–water partition coefficient (Wildman–Crippen LogP) is 11.2. The van der Waals surface area contributed by atoms with Crippen LogP contribution in [0.3, 0.4) is 0 Å². The highest BCUT2D eigenvalue weighted by molar-refractivity contribution is 6.36. The quantitative estimate of drug-likeness (QED) is 0.198. The van der Waals surface area contributed by atoms with Crippen LogP contribution in [0.4, 0.5) is 0 Å². The van der Waals surface area contributed by atoms with Gasteiger partial charge in [-0.25, -0.2) is 9.97 Å². The molecule has 48 heavy (non-hydrogen) atoms. The molecule has 0 N–H and O–H groups in total. The van der Waals surface area contributed by atoms with Crippen molar-refractivity contribution in [3.05, 3.63) is 170 Å². The summed E-state index contributed by atoms with van der Waals surface area (Å²) in [5, 5.41) is 7.34. The third-order valence-electron chi connectivity index (χ3n) is 9.50. The van der Waals surface area contributed by atoms with Gasteiger partial charge in [0.2, 0.25) is 0 Å². The van der Waals surface area contributed by atoms with Gasteiger partial charge in [-0.05, 0) is 35.0 Å². The number of fused-ring (bicyclic) bond motifs is 10. The summed E-state index contributed by atoms with van der Waals surface area (Å²) in [6.45, 7) is 0. The van der Waals surface area contributed by atoms with E-state index in [1.54, 1.807) is 0 Å². The van der Waals surface area contributed by atoms with E-state index in [4.69, 9.17) is 9.97 Å². The zero-order chi connectivity index (χ0) is 31.6. The standard InChI is InChI=1S/C44H28N4/c1-4-16-29(17-5-1)36-28-39(46-44(45-36)30-18-6-2-7-19-30)48-38-27-15-13-25-35(38)41-33-23-11-10-22-32(33)40-34-24-12-14-26-37(34)47(42(40)43(41)48)31-20-8-3-9-21-31/h1-28H. The van der Waals surface area contributed by atoms with Gasteiger partial charge in [0, 0.05) is 44.4 Å². The molecule has 0 fully saturated rings. The van der Waals surface area contributed by atoms with Crippen LogP contribution >= 0.6 is 0 Å². The molecule has 0 saturated heterocycles. The van der Waals surface area contributed by atoms with Crippen LogP contribution in [0.2, 0.25) is 0 Å². The van der Waals surface area contributed by atoms with Crippen LogP contribution in [-0.2, 0) is 0 Å². The summed E-state index contributed by atoms with van der Waals surface area (Å²) in [6, 6.07) is 59.9. The average molecular weight is 613 g/mol. The van der Waals surface area contributed by atoms with E-state index in [1.807, 2.05) is 24.3 Å². The molecule has 0 radical (unpaired) electrons. The smallest absolute Gasteiger partial charge is 0.162 e. The summed E-state index contributed by atoms with van der Waals surface area (Å²) in [5.74, 6) is 1.52. The first kappa shape index (κ1) is 26.7. The Hall–Kier alpha value is -6.52. The second kappa shape index (κ2) is 10.5. The lowest BCUT2D eigenvalue weighted by molar-refractivity contribution is 1.05. The number of hydrogen-bond acceptors (Lipinski definition) is 2. The van der Waals surface area contributed by atoms with E-state index >= 15 is 0 Å². The first-order chi connectivity index (χ1) is 23.8. The Morgan fingerprint density at radius 1 is 0.375 bits per heavy atom. The van der Waals surface area contributed by atoms with Crippen molar-refractivity contribution >= 4 is 54.4 Å². The molecule has 0 amide bonds. The van der Waals surface area contributed by atoms with Crippen LogP contribution < -0.4 is 0 Å². The zero-order valence-corrected chi connectivity index (χ0v) is 26.0. The van der Waals surface area contributed by atoms with E-state index < -0.39 is 0 Å². The fourth-order valence-electron chi connectivity index (χ4n) is 7.50. The minimum Gasteiger partial charge on any atom is -0.307 e. The molecule has 0 aliphatic heterocycles. The molecule has 0 aliphatic rings. The van der Waals surface area contributed by atoms with E-state index in [0.717, 1.165) is 44.9 Å². The van der Waals surface area contributed by atoms with Crippen LogP contribution in [0.5, 0.6) is 0 Å². The molecule has 0 bridgehead atoms. The molecular formula is C44H28N4. The molecule has 0 spiro atoms. The lowest BCUT2D eigenvalue weighted by atomic mass is 9.98. The molecule has 3 heterocycles. The molecule has 224 valence electrons. The third-order valence-corrected chi connectivity index (χ3v) is 9.50. The highest BCUT2D eigenvalue weighted by Gasteiger charge is 2.25. The van der Waals surface area contributed by atoms with Gasteiger partial charge in [0.25, 0.3) is 0 Å². The van der Waals surface area contributed by atoms with E-state index in [1.165, 1.54) is 37.8 Å². The Kier molecular flexibility index (Phi) is 5.84. The topological polar surface area (TPSA) is 35.6 Å². The lowest BCUT2D eigenvalue weighted by Crippen LogP contribution is -2.04. The predicted molar refractivity (Wildman–Crippen MR) is 199 cm³/mol. The first-order valence-electron chi connectivity index (χ1n) is 16.3. The van der Waals surface area contributed by atoms with Crippen molar-refractivity contribution in [2.45, 2.75) is 0 Å². The largest absolute Gasteiger partial charge is 0.307 e. The van der Waals surface area contributed by atoms with Gasteiger partial charge in [-0.2, -0.15) is 0 Å². The Bertz CT molecular complexity index is 2760. The maximum atomic E-state index is 5.36. The summed E-state index contributed by atoms with van der Waals surface area (Å²) < 4.78 is 4.81. The van der Waals surface area contributed by atoms with Crippen molar-refractivity contribution in [3.8, 4) is 34.2 Å². The minimum atomic E-state index is 0.693. The molecule has 0 saturated carbocycles. The molecule has 0 atom stereocenters. The maximum absolute atomic E-state index is 5.36. The van der Waals surface area contributed by atoms with Crippen molar-refractivity contribution in [1.82, 2.24) is 19.1 Å². The van der Waals surface area contributed by atoms with Crippen LogP contribution in [0, 0.1) is 0 Å². The van der Waals surface area contributed by atoms with Crippen LogP contribution in [0.15, 0.2) is 170 Å². The summed E-state index contributed by atoms with van der Waals surface area (Å²) in [6.07, 6.45) is 0. The molecule has 10 rings (SSSR count). The van der Waals surface area contributed by atoms with Gasteiger partial charge in [-0.3, -0.25) is 4.57 Å². The summed E-state index contributed by atoms with van der Waals surface area (Å²) >= 11 is 0. The number of aromatic nitrogens is 4. The molecule has 7 aromatic carbocycles. The van der Waals surface area contributed by atoms with Gasteiger partial charge in [-0.1, -0.05) is 140 Å². The van der Waals surface area contributed by atoms with E-state index in [2.05, 4.69) is 155 Å². The fourth-order valence-corrected chi connectivity index (χ4v) is 7.50. The van der Waals surface area contributed by atoms with Crippen molar-refractivity contribution in [3.63, 3.8) is 0 Å². The van der Waals surface area contributed by atoms with Gasteiger partial charge in [0.15, 0.2) is 5.82 Å². The molecule has 0 unspecified atom stereocenters. The van der Waals surface area contributed by atoms with E-state index in [9.17, 15) is 0 Å². The van der Waals surface area contributed by atoms with Crippen molar-refractivity contribution in [1.29, 1.82) is 0 Å². The number of hydrogen-bond donors (Lipinski definition) is 0. The Morgan fingerprint density at radius 3 is 1.44 bits per heavy atom. The summed E-state index contributed by atoms with van der Waals surface area (Å²) in [5.41, 5.74) is 8.59. The second-order valence-corrected chi connectivity index (χ2v) is 12.2. The van der Waals surface area contributed by atoms with E-state index in [0.29, 0.717) is 5.82 Å². The highest BCUT2D eigenvalue weighted by atomic mass is 15.1. The molecule has 4 heteroatoms. The van der Waals surface area contributed by atoms with Gasteiger partial charge < -0.3 is 4.57 Å². The van der Waals surface area contributed by atoms with E-state index in [-0.39, 0.29) is 0 Å². The Labute approximate surface area is 276 Å². The Morgan fingerprint density at radius 2 is 0.833 bits per heavy atom. The first-order valence-corrected chi connectivity index (χ1v) is 16.3. The zero-order valence-electron chi connectivity index (χ0n) is 26.0. The average Bonchev–Trinajstić information content (AvgIpc) is 3.70. The Balaban J connectivity index is 1.47. The van der Waals surface area contributed by atoms with Gasteiger partial charge in [-0.15, -0.1) is 0 Å². The molecule has 10 aromatic rings. The molecular weight excluding hydrogens is 585 g/mol. The van der Waals surface area contributed by atoms with Crippen LogP contribution in [0.1, 0.15) is 0 Å². The van der Waals surface area contributed by atoms with Gasteiger partial charge in [0.1, 0.15) is 5.82 Å². The van der Waals surface area contributed by atoms with Crippen molar-refractivity contribution in [2.24, 2.45) is 0 Å². The summed E-state index contributed by atoms with van der Waals surface area (Å²) in [7, 11) is 0. The normalized spacial score (nSPS) is 11.8. The number of para-hydroxylation sites is 3. The van der Waals surface area contributed by atoms with Crippen LogP contribution in [0.25, 0.3) is 88.5 Å². The lowest BCUT2D eigenvalue weighted by Gasteiger charge is -2.15. The van der Waals surface area contributed by atoms with Gasteiger partial charge in [0.05, 0.1) is 27.8 Å². The summed E-state index contributed by atoms with van der Waals surface area (Å²) in [4.78, 5) is 10.5. The van der Waals surface area contributed by atoms with Crippen molar-refractivity contribution in [2.75, 3.05) is 0 Å². The molecule has 4 nitrogen and oxygen atoms in total. The SMILES string of the molecule is c1ccc(-c2cc(-n3c4ccccc4c4c5ccccc5c5c6ccccc6n(-c6ccccc6)c5c43)nc(-c3ccccc3)n2)cc1. The number of nitrogens with zero attached hydrogens (tertiary/aromatic N) is 4. The third kappa shape index (κ3) is 3.90. The van der Waals surface area contributed by atoms with Gasteiger partial charge >= 0.3 is 0 Å². The molecule has 0 aliphatic carbocycles. The van der Waals surface area contributed by atoms with Crippen molar-refractivity contribution < 1.29 is 0 Å². The fraction of sp³-hybridized carbons (Fsp3) is 0. The monoisotopic (exact) mass is 612 g/mol. The number of rotatable bonds is 4. The second-order valence-electron chi connectivity index (χ2n) is 12.2. The minimum absolute atomic E-state index is 0.693. The molecule has 3 aromatic heterocycles. The number of benzene rings is 7. The van der Waals surface area contributed by atoms with Crippen LogP contribution in [-0.4, -0.2) is 19.1 Å². The maximum Gasteiger partial charge on any atom is 0.162 e. The highest BCUT2D eigenvalue weighted by Crippen LogP contribution is 2.46.